The van der Waals surface area contributed by atoms with Crippen molar-refractivity contribution in [3.05, 3.63) is 65.5 Å². The predicted octanol–water partition coefficient (Wildman–Crippen LogP) is 3.14. The molecule has 1 atom stereocenters. The first kappa shape index (κ1) is 14.6. The second kappa shape index (κ2) is 6.25. The molecule has 1 aliphatic carbocycles. The number of hydrogen-bond acceptors (Lipinski definition) is 3. The van der Waals surface area contributed by atoms with E-state index in [0.717, 1.165) is 38.8 Å². The van der Waals surface area contributed by atoms with Gasteiger partial charge in [-0.3, -0.25) is 14.7 Å². The zero-order valence-corrected chi connectivity index (χ0v) is 13.3. The molecule has 0 saturated carbocycles. The Hall–Kier alpha value is -2.00. The first-order chi connectivity index (χ1) is 11.3. The summed E-state index contributed by atoms with van der Waals surface area (Å²) in [4.78, 5) is 19.5. The van der Waals surface area contributed by atoms with Gasteiger partial charge in [0.15, 0.2) is 5.78 Å². The highest BCUT2D eigenvalue weighted by Crippen LogP contribution is 2.29. The molecule has 1 aromatic carbocycles. The number of benzene rings is 1. The van der Waals surface area contributed by atoms with Gasteiger partial charge in [-0.05, 0) is 55.5 Å². The molecule has 0 amide bonds. The first-order valence-electron chi connectivity index (χ1n) is 8.57. The number of likely N-dealkylation sites (tertiary alicyclic amines) is 1. The van der Waals surface area contributed by atoms with Crippen LogP contribution in [0.3, 0.4) is 0 Å². The number of nitrogens with zero attached hydrogens (tertiary/aromatic N) is 2. The van der Waals surface area contributed by atoms with Crippen LogP contribution in [0.25, 0.3) is 0 Å². The van der Waals surface area contributed by atoms with Crippen LogP contribution in [0.4, 0.5) is 0 Å². The number of piperidine rings is 1. The number of rotatable bonds is 3. The maximum atomic E-state index is 12.7. The Balaban J connectivity index is 1.45. The minimum absolute atomic E-state index is 0.0994. The number of carbonyl (C=O) groups is 1. The number of pyridine rings is 1. The summed E-state index contributed by atoms with van der Waals surface area (Å²) in [5, 5.41) is 0. The van der Waals surface area contributed by atoms with Crippen LogP contribution in [0, 0.1) is 5.92 Å². The second-order valence-electron chi connectivity index (χ2n) is 6.74. The number of carbonyl (C=O) groups excluding carboxylic acids is 1. The van der Waals surface area contributed by atoms with E-state index in [-0.39, 0.29) is 11.7 Å². The Morgan fingerprint density at radius 1 is 1.04 bits per heavy atom. The molecule has 0 N–H and O–H groups in total. The largest absolute Gasteiger partial charge is 0.299 e. The smallest absolute Gasteiger partial charge is 0.185 e. The lowest BCUT2D eigenvalue weighted by molar-refractivity contribution is 0.0756. The SMILES string of the molecule is O=C(c1ccccn1)C1CCCN(C2Cc3ccccc3C2)C1. The number of Topliss-reactive ketones (excluding diaryl/α,β-unsaturated/α-hetero) is 1. The Morgan fingerprint density at radius 2 is 1.78 bits per heavy atom. The summed E-state index contributed by atoms with van der Waals surface area (Å²) in [7, 11) is 0. The van der Waals surface area contributed by atoms with Gasteiger partial charge >= 0.3 is 0 Å². The van der Waals surface area contributed by atoms with Gasteiger partial charge in [0.05, 0.1) is 0 Å². The molecule has 2 aliphatic rings. The molecule has 2 heterocycles. The molecule has 1 aromatic heterocycles. The molecule has 3 heteroatoms. The lowest BCUT2D eigenvalue weighted by atomic mass is 9.90. The van der Waals surface area contributed by atoms with Crippen LogP contribution in [0.15, 0.2) is 48.7 Å². The lowest BCUT2D eigenvalue weighted by Gasteiger charge is -2.36. The van der Waals surface area contributed by atoms with Crippen molar-refractivity contribution in [1.29, 1.82) is 0 Å². The standard InChI is InChI=1S/C20H22N2O/c23-20(19-9-3-4-10-21-19)17-8-5-11-22(14-17)18-12-15-6-1-2-7-16(15)13-18/h1-4,6-7,9-10,17-18H,5,8,11-14H2. The third-order valence-electron chi connectivity index (χ3n) is 5.29. The van der Waals surface area contributed by atoms with E-state index in [1.165, 1.54) is 11.1 Å². The molecule has 3 nitrogen and oxygen atoms in total. The topological polar surface area (TPSA) is 33.2 Å². The van der Waals surface area contributed by atoms with E-state index in [0.29, 0.717) is 11.7 Å². The van der Waals surface area contributed by atoms with E-state index in [9.17, 15) is 4.79 Å². The molecule has 1 fully saturated rings. The minimum atomic E-state index is 0.0994. The van der Waals surface area contributed by atoms with Gasteiger partial charge in [0.25, 0.3) is 0 Å². The molecule has 1 unspecified atom stereocenters. The molecule has 0 spiro atoms. The Morgan fingerprint density at radius 3 is 2.48 bits per heavy atom. The molecule has 1 saturated heterocycles. The molecule has 2 aromatic rings. The quantitative estimate of drug-likeness (QED) is 0.817. The summed E-state index contributed by atoms with van der Waals surface area (Å²) < 4.78 is 0. The van der Waals surface area contributed by atoms with E-state index in [1.807, 2.05) is 18.2 Å². The highest BCUT2D eigenvalue weighted by molar-refractivity contribution is 5.96. The Bertz CT molecular complexity index is 673. The third-order valence-corrected chi connectivity index (χ3v) is 5.29. The number of hydrogen-bond donors (Lipinski definition) is 0. The summed E-state index contributed by atoms with van der Waals surface area (Å²) >= 11 is 0. The van der Waals surface area contributed by atoms with E-state index in [2.05, 4.69) is 34.1 Å². The maximum Gasteiger partial charge on any atom is 0.185 e. The van der Waals surface area contributed by atoms with Gasteiger partial charge < -0.3 is 0 Å². The highest BCUT2D eigenvalue weighted by Gasteiger charge is 2.33. The van der Waals surface area contributed by atoms with Crippen LogP contribution in [0.2, 0.25) is 0 Å². The summed E-state index contributed by atoms with van der Waals surface area (Å²) in [5.41, 5.74) is 3.58. The van der Waals surface area contributed by atoms with E-state index in [4.69, 9.17) is 0 Å². The Kier molecular flexibility index (Phi) is 3.96. The Labute approximate surface area is 137 Å². The van der Waals surface area contributed by atoms with Crippen molar-refractivity contribution in [3.8, 4) is 0 Å². The number of aromatic nitrogens is 1. The van der Waals surface area contributed by atoms with Crippen molar-refractivity contribution in [3.63, 3.8) is 0 Å². The molecule has 0 radical (unpaired) electrons. The maximum absolute atomic E-state index is 12.7. The zero-order chi connectivity index (χ0) is 15.6. The number of ketones is 1. The molecule has 4 rings (SSSR count). The molecular weight excluding hydrogens is 284 g/mol. The summed E-state index contributed by atoms with van der Waals surface area (Å²) in [6, 6.07) is 14.9. The summed E-state index contributed by atoms with van der Waals surface area (Å²) in [6.07, 6.45) is 6.06. The second-order valence-corrected chi connectivity index (χ2v) is 6.74. The first-order valence-corrected chi connectivity index (χ1v) is 8.57. The summed E-state index contributed by atoms with van der Waals surface area (Å²) in [6.45, 7) is 2.00. The third kappa shape index (κ3) is 2.93. The zero-order valence-electron chi connectivity index (χ0n) is 13.3. The average molecular weight is 306 g/mol. The highest BCUT2D eigenvalue weighted by atomic mass is 16.1. The van der Waals surface area contributed by atoms with Gasteiger partial charge in [-0.2, -0.15) is 0 Å². The fourth-order valence-corrected chi connectivity index (χ4v) is 4.06. The molecule has 23 heavy (non-hydrogen) atoms. The molecule has 1 aliphatic heterocycles. The van der Waals surface area contributed by atoms with E-state index >= 15 is 0 Å². The van der Waals surface area contributed by atoms with Crippen LogP contribution in [-0.4, -0.2) is 34.8 Å². The minimum Gasteiger partial charge on any atom is -0.299 e. The van der Waals surface area contributed by atoms with Crippen LogP contribution in [0.5, 0.6) is 0 Å². The van der Waals surface area contributed by atoms with Crippen LogP contribution < -0.4 is 0 Å². The van der Waals surface area contributed by atoms with Crippen LogP contribution in [0.1, 0.15) is 34.5 Å². The van der Waals surface area contributed by atoms with Gasteiger partial charge in [-0.25, -0.2) is 0 Å². The van der Waals surface area contributed by atoms with Gasteiger partial charge in [0.1, 0.15) is 5.69 Å². The fourth-order valence-electron chi connectivity index (χ4n) is 4.06. The number of fused-ring (bicyclic) bond motifs is 1. The lowest BCUT2D eigenvalue weighted by Crippen LogP contribution is -2.45. The summed E-state index contributed by atoms with van der Waals surface area (Å²) in [5.74, 6) is 0.313. The van der Waals surface area contributed by atoms with Gasteiger partial charge in [-0.15, -0.1) is 0 Å². The predicted molar refractivity (Wildman–Crippen MR) is 90.5 cm³/mol. The monoisotopic (exact) mass is 306 g/mol. The van der Waals surface area contributed by atoms with Crippen molar-refractivity contribution in [2.75, 3.05) is 13.1 Å². The van der Waals surface area contributed by atoms with Crippen LogP contribution in [-0.2, 0) is 12.8 Å². The molecule has 0 bridgehead atoms. The van der Waals surface area contributed by atoms with Gasteiger partial charge in [-0.1, -0.05) is 30.3 Å². The fraction of sp³-hybridized carbons (Fsp3) is 0.400. The van der Waals surface area contributed by atoms with Crippen molar-refractivity contribution >= 4 is 5.78 Å². The van der Waals surface area contributed by atoms with Gasteiger partial charge in [0.2, 0.25) is 0 Å². The normalized spacial score (nSPS) is 22.0. The van der Waals surface area contributed by atoms with Crippen molar-refractivity contribution in [2.24, 2.45) is 5.92 Å². The van der Waals surface area contributed by atoms with E-state index < -0.39 is 0 Å². The molecule has 118 valence electrons. The van der Waals surface area contributed by atoms with Crippen molar-refractivity contribution in [1.82, 2.24) is 9.88 Å². The van der Waals surface area contributed by atoms with E-state index in [1.54, 1.807) is 6.20 Å². The van der Waals surface area contributed by atoms with Crippen molar-refractivity contribution in [2.45, 2.75) is 31.7 Å². The van der Waals surface area contributed by atoms with Crippen LogP contribution >= 0.6 is 0 Å². The van der Waals surface area contributed by atoms with Gasteiger partial charge in [0, 0.05) is 24.7 Å². The van der Waals surface area contributed by atoms with Crippen molar-refractivity contribution < 1.29 is 4.79 Å². The molecular formula is C20H22N2O. The average Bonchev–Trinajstić information content (AvgIpc) is 3.06.